The number of carbonyl (C=O) groups excluding carboxylic acids is 1. The fourth-order valence-corrected chi connectivity index (χ4v) is 3.81. The number of halogens is 2. The highest BCUT2D eigenvalue weighted by molar-refractivity contribution is 5.82. The van der Waals surface area contributed by atoms with Gasteiger partial charge in [-0.15, -0.1) is 0 Å². The molecule has 0 bridgehead atoms. The molecule has 1 aromatic carbocycles. The van der Waals surface area contributed by atoms with E-state index in [0.717, 1.165) is 24.5 Å². The standard InChI is InChI=1S/C19H24F2N2O/c1-12(8-13-6-7-15(20)10-16(13)21)11-22-19(24)18-9-14-4-2-3-5-17(14)23-18/h6-8,10,14,17-18,23H,2-5,9,11H2,1H3,(H,22,24)/b12-8+/t14-,17-,18-/m0/s1. The van der Waals surface area contributed by atoms with E-state index in [9.17, 15) is 13.6 Å². The Labute approximate surface area is 141 Å². The van der Waals surface area contributed by atoms with Crippen LogP contribution < -0.4 is 10.6 Å². The maximum atomic E-state index is 13.6. The maximum absolute atomic E-state index is 13.6. The van der Waals surface area contributed by atoms with Gasteiger partial charge in [-0.2, -0.15) is 0 Å². The van der Waals surface area contributed by atoms with Gasteiger partial charge in [-0.05, 0) is 44.2 Å². The molecular weight excluding hydrogens is 310 g/mol. The molecule has 2 aliphatic rings. The zero-order chi connectivity index (χ0) is 17.1. The quantitative estimate of drug-likeness (QED) is 0.886. The summed E-state index contributed by atoms with van der Waals surface area (Å²) in [6.07, 6.45) is 7.43. The van der Waals surface area contributed by atoms with Gasteiger partial charge in [-0.25, -0.2) is 8.78 Å². The van der Waals surface area contributed by atoms with Crippen molar-refractivity contribution in [1.29, 1.82) is 0 Å². The van der Waals surface area contributed by atoms with Crippen molar-refractivity contribution in [1.82, 2.24) is 10.6 Å². The largest absolute Gasteiger partial charge is 0.351 e. The summed E-state index contributed by atoms with van der Waals surface area (Å²) < 4.78 is 26.6. The molecule has 130 valence electrons. The fraction of sp³-hybridized carbons (Fsp3) is 0.526. The van der Waals surface area contributed by atoms with Crippen molar-refractivity contribution in [3.8, 4) is 0 Å². The van der Waals surface area contributed by atoms with Gasteiger partial charge in [0.15, 0.2) is 0 Å². The summed E-state index contributed by atoms with van der Waals surface area (Å²) >= 11 is 0. The van der Waals surface area contributed by atoms with Gasteiger partial charge in [-0.1, -0.05) is 24.5 Å². The minimum Gasteiger partial charge on any atom is -0.351 e. The molecule has 2 fully saturated rings. The van der Waals surface area contributed by atoms with Crippen molar-refractivity contribution in [3.63, 3.8) is 0 Å². The Hall–Kier alpha value is -1.75. The number of benzene rings is 1. The summed E-state index contributed by atoms with van der Waals surface area (Å²) in [5.74, 6) is -0.553. The van der Waals surface area contributed by atoms with Gasteiger partial charge in [0.25, 0.3) is 0 Å². The fourth-order valence-electron chi connectivity index (χ4n) is 3.81. The van der Waals surface area contributed by atoms with Crippen LogP contribution >= 0.6 is 0 Å². The van der Waals surface area contributed by atoms with E-state index in [-0.39, 0.29) is 11.9 Å². The Balaban J connectivity index is 1.53. The zero-order valence-electron chi connectivity index (χ0n) is 13.9. The van der Waals surface area contributed by atoms with Crippen molar-refractivity contribution in [2.45, 2.75) is 51.1 Å². The summed E-state index contributed by atoms with van der Waals surface area (Å²) in [6.45, 7) is 2.19. The van der Waals surface area contributed by atoms with E-state index in [1.165, 1.54) is 31.4 Å². The van der Waals surface area contributed by atoms with Crippen LogP contribution in [0.25, 0.3) is 6.08 Å². The van der Waals surface area contributed by atoms with Gasteiger partial charge in [0.1, 0.15) is 11.6 Å². The van der Waals surface area contributed by atoms with E-state index in [2.05, 4.69) is 10.6 Å². The summed E-state index contributed by atoms with van der Waals surface area (Å²) in [4.78, 5) is 12.3. The molecule has 1 heterocycles. The molecule has 1 saturated carbocycles. The Morgan fingerprint density at radius 1 is 1.33 bits per heavy atom. The van der Waals surface area contributed by atoms with E-state index in [0.29, 0.717) is 24.1 Å². The number of amides is 1. The van der Waals surface area contributed by atoms with Crippen molar-refractivity contribution < 1.29 is 13.6 Å². The van der Waals surface area contributed by atoms with Crippen LogP contribution in [0.3, 0.4) is 0 Å². The molecule has 2 N–H and O–H groups in total. The van der Waals surface area contributed by atoms with Crippen LogP contribution in [0.4, 0.5) is 8.78 Å². The van der Waals surface area contributed by atoms with Gasteiger partial charge < -0.3 is 10.6 Å². The first-order chi connectivity index (χ1) is 11.5. The average molecular weight is 334 g/mol. The summed E-state index contributed by atoms with van der Waals surface area (Å²) in [6, 6.07) is 3.86. The lowest BCUT2D eigenvalue weighted by atomic mass is 9.85. The average Bonchev–Trinajstić information content (AvgIpc) is 2.99. The van der Waals surface area contributed by atoms with Gasteiger partial charge in [0.2, 0.25) is 5.91 Å². The molecule has 1 aliphatic carbocycles. The summed E-state index contributed by atoms with van der Waals surface area (Å²) in [5, 5.41) is 6.37. The number of fused-ring (bicyclic) bond motifs is 1. The smallest absolute Gasteiger partial charge is 0.237 e. The Bertz CT molecular complexity index is 630. The van der Waals surface area contributed by atoms with Crippen molar-refractivity contribution >= 4 is 12.0 Å². The summed E-state index contributed by atoms with van der Waals surface area (Å²) in [7, 11) is 0. The molecule has 5 heteroatoms. The molecule has 0 spiro atoms. The van der Waals surface area contributed by atoms with Crippen molar-refractivity contribution in [2.75, 3.05) is 6.54 Å². The number of hydrogen-bond donors (Lipinski definition) is 2. The van der Waals surface area contributed by atoms with Crippen LogP contribution in [0.5, 0.6) is 0 Å². The number of hydrogen-bond acceptors (Lipinski definition) is 2. The van der Waals surface area contributed by atoms with Crippen LogP contribution in [0.1, 0.15) is 44.6 Å². The van der Waals surface area contributed by atoms with Gasteiger partial charge >= 0.3 is 0 Å². The van der Waals surface area contributed by atoms with Crippen LogP contribution in [0, 0.1) is 17.6 Å². The van der Waals surface area contributed by atoms with Crippen LogP contribution in [0.15, 0.2) is 23.8 Å². The SMILES string of the molecule is C/C(=C\c1ccc(F)cc1F)CNC(=O)[C@@H]1C[C@@H]2CCCC[C@@H]2N1. The predicted molar refractivity (Wildman–Crippen MR) is 90.3 cm³/mol. The first-order valence-corrected chi connectivity index (χ1v) is 8.69. The molecule has 0 radical (unpaired) electrons. The number of carbonyl (C=O) groups is 1. The van der Waals surface area contributed by atoms with Gasteiger partial charge in [0.05, 0.1) is 6.04 Å². The zero-order valence-corrected chi connectivity index (χ0v) is 13.9. The minimum absolute atomic E-state index is 0.0109. The molecule has 3 atom stereocenters. The molecule has 0 aromatic heterocycles. The first-order valence-electron chi connectivity index (χ1n) is 8.69. The van der Waals surface area contributed by atoms with E-state index in [4.69, 9.17) is 0 Å². The molecule has 1 amide bonds. The molecule has 1 saturated heterocycles. The third kappa shape index (κ3) is 4.01. The highest BCUT2D eigenvalue weighted by Crippen LogP contribution is 2.33. The third-order valence-corrected chi connectivity index (χ3v) is 5.09. The number of rotatable bonds is 4. The normalized spacial score (nSPS) is 27.0. The second-order valence-corrected chi connectivity index (χ2v) is 6.98. The molecule has 3 nitrogen and oxygen atoms in total. The van der Waals surface area contributed by atoms with Crippen LogP contribution in [0.2, 0.25) is 0 Å². The Morgan fingerprint density at radius 3 is 2.88 bits per heavy atom. The molecular formula is C19H24F2N2O. The van der Waals surface area contributed by atoms with Crippen molar-refractivity contribution in [2.24, 2.45) is 5.92 Å². The van der Waals surface area contributed by atoms with Gasteiger partial charge in [-0.3, -0.25) is 4.79 Å². The topological polar surface area (TPSA) is 41.1 Å². The Kier molecular flexibility index (Phi) is 5.29. The Morgan fingerprint density at radius 2 is 2.12 bits per heavy atom. The molecule has 0 unspecified atom stereocenters. The monoisotopic (exact) mass is 334 g/mol. The lowest BCUT2D eigenvalue weighted by molar-refractivity contribution is -0.122. The molecule has 1 aromatic rings. The van der Waals surface area contributed by atoms with Crippen molar-refractivity contribution in [3.05, 3.63) is 41.0 Å². The number of nitrogens with one attached hydrogen (secondary N) is 2. The first kappa shape index (κ1) is 17.1. The highest BCUT2D eigenvalue weighted by atomic mass is 19.1. The van der Waals surface area contributed by atoms with Gasteiger partial charge in [0, 0.05) is 24.2 Å². The molecule has 3 rings (SSSR count). The van der Waals surface area contributed by atoms with E-state index < -0.39 is 11.6 Å². The molecule has 1 aliphatic heterocycles. The predicted octanol–water partition coefficient (Wildman–Crippen LogP) is 3.41. The minimum atomic E-state index is -0.595. The third-order valence-electron chi connectivity index (χ3n) is 5.09. The van der Waals surface area contributed by atoms with Crippen LogP contribution in [-0.4, -0.2) is 24.5 Å². The highest BCUT2D eigenvalue weighted by Gasteiger charge is 2.37. The maximum Gasteiger partial charge on any atom is 0.237 e. The van der Waals surface area contributed by atoms with Crippen LogP contribution in [-0.2, 0) is 4.79 Å². The summed E-state index contributed by atoms with van der Waals surface area (Å²) in [5.41, 5.74) is 1.15. The van der Waals surface area contributed by atoms with E-state index in [1.807, 2.05) is 6.92 Å². The second-order valence-electron chi connectivity index (χ2n) is 6.98. The van der Waals surface area contributed by atoms with E-state index in [1.54, 1.807) is 6.08 Å². The molecule has 24 heavy (non-hydrogen) atoms. The van der Waals surface area contributed by atoms with E-state index >= 15 is 0 Å². The lowest BCUT2D eigenvalue weighted by Gasteiger charge is -2.24. The second kappa shape index (κ2) is 7.43. The lowest BCUT2D eigenvalue weighted by Crippen LogP contribution is -2.43.